The van der Waals surface area contributed by atoms with Gasteiger partial charge in [-0.3, -0.25) is 4.98 Å². The van der Waals surface area contributed by atoms with Crippen molar-refractivity contribution in [1.29, 1.82) is 0 Å². The Morgan fingerprint density at radius 2 is 2.07 bits per heavy atom. The number of hydrogen-bond donors (Lipinski definition) is 1. The molecule has 1 heterocycles. The van der Waals surface area contributed by atoms with Crippen molar-refractivity contribution >= 4 is 17.4 Å². The Balaban J connectivity index is 2.67. The number of halogens is 1. The molecule has 15 heavy (non-hydrogen) atoms. The van der Waals surface area contributed by atoms with Gasteiger partial charge in [0, 0.05) is 17.6 Å². The number of aryl methyl sites for hydroxylation is 2. The molecule has 0 fully saturated rings. The first kappa shape index (κ1) is 12.2. The van der Waals surface area contributed by atoms with Gasteiger partial charge in [0.15, 0.2) is 0 Å². The van der Waals surface area contributed by atoms with Crippen LogP contribution in [0, 0.1) is 13.8 Å². The third-order valence-corrected chi connectivity index (χ3v) is 2.32. The topological polar surface area (TPSA) is 37.8 Å². The fourth-order valence-corrected chi connectivity index (χ4v) is 1.72. The summed E-state index contributed by atoms with van der Waals surface area (Å²) in [6, 6.07) is 0.312. The number of rotatable bonds is 4. The number of aromatic nitrogens is 2. The highest BCUT2D eigenvalue weighted by molar-refractivity contribution is 6.20. The molecule has 0 radical (unpaired) electrons. The number of nitrogens with zero attached hydrogens (tertiary/aromatic N) is 2. The summed E-state index contributed by atoms with van der Waals surface area (Å²) in [6.45, 7) is 7.98. The highest BCUT2D eigenvalue weighted by atomic mass is 35.5. The molecule has 0 aliphatic heterocycles. The molecule has 1 N–H and O–H groups in total. The normalized spacial score (nSPS) is 14.7. The molecule has 0 spiro atoms. The van der Waals surface area contributed by atoms with Crippen molar-refractivity contribution in [2.24, 2.45) is 0 Å². The largest absolute Gasteiger partial charge is 0.366 e. The van der Waals surface area contributed by atoms with E-state index in [0.29, 0.717) is 6.04 Å². The average molecular weight is 228 g/mol. The van der Waals surface area contributed by atoms with Crippen molar-refractivity contribution < 1.29 is 0 Å². The van der Waals surface area contributed by atoms with Crippen LogP contribution in [0.4, 0.5) is 5.82 Å². The van der Waals surface area contributed by atoms with Crippen LogP contribution in [0.25, 0.3) is 0 Å². The molecule has 0 aliphatic carbocycles. The first-order chi connectivity index (χ1) is 6.99. The Labute approximate surface area is 96.3 Å². The van der Waals surface area contributed by atoms with Gasteiger partial charge in [0.1, 0.15) is 5.82 Å². The maximum Gasteiger partial charge on any atom is 0.147 e. The maximum atomic E-state index is 5.93. The van der Waals surface area contributed by atoms with E-state index in [1.807, 2.05) is 20.8 Å². The Morgan fingerprint density at radius 3 is 2.67 bits per heavy atom. The van der Waals surface area contributed by atoms with E-state index in [4.69, 9.17) is 11.6 Å². The van der Waals surface area contributed by atoms with E-state index in [1.165, 1.54) is 0 Å². The van der Waals surface area contributed by atoms with Crippen molar-refractivity contribution in [3.05, 3.63) is 17.6 Å². The smallest absolute Gasteiger partial charge is 0.147 e. The lowest BCUT2D eigenvalue weighted by Crippen LogP contribution is -2.20. The van der Waals surface area contributed by atoms with Crippen molar-refractivity contribution in [1.82, 2.24) is 9.97 Å². The average Bonchev–Trinajstić information content (AvgIpc) is 2.10. The number of anilines is 1. The SMILES string of the molecule is Cc1cnc(C)c(NC(C)CC(C)Cl)n1. The molecule has 0 amide bonds. The zero-order valence-electron chi connectivity index (χ0n) is 9.71. The lowest BCUT2D eigenvalue weighted by molar-refractivity contribution is 0.691. The Hall–Kier alpha value is -0.830. The summed E-state index contributed by atoms with van der Waals surface area (Å²) in [5, 5.41) is 3.50. The second-order valence-electron chi connectivity index (χ2n) is 4.01. The van der Waals surface area contributed by atoms with Gasteiger partial charge in [-0.25, -0.2) is 4.98 Å². The van der Waals surface area contributed by atoms with Crippen LogP contribution in [0.15, 0.2) is 6.20 Å². The zero-order valence-corrected chi connectivity index (χ0v) is 10.5. The van der Waals surface area contributed by atoms with Crippen LogP contribution in [-0.2, 0) is 0 Å². The first-order valence-electron chi connectivity index (χ1n) is 5.20. The highest BCUT2D eigenvalue weighted by Crippen LogP contribution is 2.13. The molecule has 2 unspecified atom stereocenters. The monoisotopic (exact) mass is 227 g/mol. The maximum absolute atomic E-state index is 5.93. The first-order valence-corrected chi connectivity index (χ1v) is 5.63. The molecule has 0 aliphatic rings. The second-order valence-corrected chi connectivity index (χ2v) is 4.75. The number of nitrogens with one attached hydrogen (secondary N) is 1. The van der Waals surface area contributed by atoms with Crippen LogP contribution in [0.5, 0.6) is 0 Å². The van der Waals surface area contributed by atoms with Crippen LogP contribution >= 0.6 is 11.6 Å². The van der Waals surface area contributed by atoms with Gasteiger partial charge in [0.25, 0.3) is 0 Å². The number of alkyl halides is 1. The Bertz CT molecular complexity index is 326. The van der Waals surface area contributed by atoms with E-state index >= 15 is 0 Å². The van der Waals surface area contributed by atoms with E-state index in [2.05, 4.69) is 22.2 Å². The van der Waals surface area contributed by atoms with Crippen molar-refractivity contribution in [3.63, 3.8) is 0 Å². The van der Waals surface area contributed by atoms with Crippen LogP contribution in [-0.4, -0.2) is 21.4 Å². The van der Waals surface area contributed by atoms with E-state index in [1.54, 1.807) is 6.20 Å². The predicted molar refractivity (Wildman–Crippen MR) is 64.5 cm³/mol. The molecule has 1 aromatic rings. The van der Waals surface area contributed by atoms with Gasteiger partial charge in [0.05, 0.1) is 11.4 Å². The van der Waals surface area contributed by atoms with Crippen LogP contribution < -0.4 is 5.32 Å². The van der Waals surface area contributed by atoms with E-state index < -0.39 is 0 Å². The highest BCUT2D eigenvalue weighted by Gasteiger charge is 2.09. The van der Waals surface area contributed by atoms with Crippen molar-refractivity contribution in [2.75, 3.05) is 5.32 Å². The molecule has 84 valence electrons. The zero-order chi connectivity index (χ0) is 11.4. The Morgan fingerprint density at radius 1 is 1.40 bits per heavy atom. The minimum Gasteiger partial charge on any atom is -0.366 e. The summed E-state index contributed by atoms with van der Waals surface area (Å²) < 4.78 is 0. The third kappa shape index (κ3) is 4.04. The molecular weight excluding hydrogens is 210 g/mol. The number of hydrogen-bond acceptors (Lipinski definition) is 3. The molecular formula is C11H18ClN3. The van der Waals surface area contributed by atoms with Crippen molar-refractivity contribution in [3.8, 4) is 0 Å². The molecule has 1 aromatic heterocycles. The quantitative estimate of drug-likeness (QED) is 0.804. The van der Waals surface area contributed by atoms with Gasteiger partial charge in [-0.2, -0.15) is 0 Å². The van der Waals surface area contributed by atoms with E-state index in [9.17, 15) is 0 Å². The van der Waals surface area contributed by atoms with Gasteiger partial charge in [-0.15, -0.1) is 11.6 Å². The van der Waals surface area contributed by atoms with E-state index in [-0.39, 0.29) is 5.38 Å². The minimum absolute atomic E-state index is 0.172. The van der Waals surface area contributed by atoms with Gasteiger partial charge < -0.3 is 5.32 Å². The van der Waals surface area contributed by atoms with Crippen LogP contribution in [0.1, 0.15) is 31.7 Å². The molecule has 0 saturated carbocycles. The molecule has 1 rings (SSSR count). The standard InChI is InChI=1S/C11H18ClN3/c1-7(12)5-8(2)14-11-10(4)13-6-9(3)15-11/h6-8H,5H2,1-4H3,(H,14,15). The van der Waals surface area contributed by atoms with Crippen molar-refractivity contribution in [2.45, 2.75) is 45.5 Å². The fourth-order valence-electron chi connectivity index (χ4n) is 1.45. The van der Waals surface area contributed by atoms with Gasteiger partial charge in [-0.05, 0) is 34.1 Å². The summed E-state index contributed by atoms with van der Waals surface area (Å²) in [5.41, 5.74) is 1.85. The summed E-state index contributed by atoms with van der Waals surface area (Å²) in [6.07, 6.45) is 2.69. The summed E-state index contributed by atoms with van der Waals surface area (Å²) in [4.78, 5) is 8.66. The molecule has 3 nitrogen and oxygen atoms in total. The third-order valence-electron chi connectivity index (χ3n) is 2.14. The molecule has 0 bridgehead atoms. The van der Waals surface area contributed by atoms with Crippen LogP contribution in [0.2, 0.25) is 0 Å². The lowest BCUT2D eigenvalue weighted by Gasteiger charge is -2.16. The lowest BCUT2D eigenvalue weighted by atomic mass is 10.2. The molecule has 0 saturated heterocycles. The second kappa shape index (κ2) is 5.31. The summed E-state index contributed by atoms with van der Waals surface area (Å²) in [7, 11) is 0. The Kier molecular flexibility index (Phi) is 4.33. The summed E-state index contributed by atoms with van der Waals surface area (Å²) in [5.74, 6) is 0.861. The van der Waals surface area contributed by atoms with E-state index in [0.717, 1.165) is 23.6 Å². The fraction of sp³-hybridized carbons (Fsp3) is 0.636. The summed E-state index contributed by atoms with van der Waals surface area (Å²) >= 11 is 5.93. The van der Waals surface area contributed by atoms with Crippen LogP contribution in [0.3, 0.4) is 0 Å². The van der Waals surface area contributed by atoms with Gasteiger partial charge in [0.2, 0.25) is 0 Å². The molecule has 4 heteroatoms. The minimum atomic E-state index is 0.172. The molecule has 0 aromatic carbocycles. The van der Waals surface area contributed by atoms with Gasteiger partial charge >= 0.3 is 0 Å². The predicted octanol–water partition coefficient (Wildman–Crippen LogP) is 2.91. The van der Waals surface area contributed by atoms with Gasteiger partial charge in [-0.1, -0.05) is 0 Å². The molecule has 2 atom stereocenters.